The van der Waals surface area contributed by atoms with Crippen molar-refractivity contribution in [3.05, 3.63) is 81.1 Å². The van der Waals surface area contributed by atoms with Crippen molar-refractivity contribution in [2.24, 2.45) is 0 Å². The molecule has 132 valence electrons. The number of hydrogen-bond acceptors (Lipinski definition) is 4. The van der Waals surface area contributed by atoms with E-state index >= 15 is 0 Å². The van der Waals surface area contributed by atoms with Gasteiger partial charge in [0.2, 0.25) is 0 Å². The Morgan fingerprint density at radius 1 is 1.15 bits per heavy atom. The van der Waals surface area contributed by atoms with E-state index in [2.05, 4.69) is 16.4 Å². The number of rotatable bonds is 5. The van der Waals surface area contributed by atoms with Gasteiger partial charge < -0.3 is 9.47 Å². The van der Waals surface area contributed by atoms with Crippen LogP contribution >= 0.6 is 0 Å². The van der Waals surface area contributed by atoms with E-state index in [4.69, 9.17) is 4.74 Å². The smallest absolute Gasteiger partial charge is 0.343 e. The summed E-state index contributed by atoms with van der Waals surface area (Å²) < 4.78 is 11.5. The molecule has 0 saturated carbocycles. The zero-order chi connectivity index (χ0) is 18.5. The van der Waals surface area contributed by atoms with Gasteiger partial charge in [0.1, 0.15) is 5.75 Å². The van der Waals surface area contributed by atoms with Crippen LogP contribution in [0.25, 0.3) is 18.3 Å². The van der Waals surface area contributed by atoms with Gasteiger partial charge in [0.05, 0.1) is 23.4 Å². The van der Waals surface area contributed by atoms with Gasteiger partial charge in [0.15, 0.2) is 6.61 Å². The van der Waals surface area contributed by atoms with Crippen LogP contribution in [0.4, 0.5) is 0 Å². The number of hydrogen-bond donors (Lipinski definition) is 1. The van der Waals surface area contributed by atoms with Gasteiger partial charge in [-0.15, -0.1) is 0 Å². The van der Waals surface area contributed by atoms with Crippen molar-refractivity contribution in [2.45, 2.75) is 0 Å². The number of esters is 1. The van der Waals surface area contributed by atoms with Gasteiger partial charge in [-0.2, -0.15) is 0 Å². The molecule has 1 aromatic heterocycles. The molecule has 3 aromatic rings. The monoisotopic (exact) mass is 350 g/mol. The molecule has 0 amide bonds. The SMILES string of the molecule is C=c1[nH]n(-c2ccccc2)c(=O)/c1=C/c1ccccc1OCC(=O)OC. The predicted molar refractivity (Wildman–Crippen MR) is 98.7 cm³/mol. The maximum atomic E-state index is 12.8. The molecule has 0 unspecified atom stereocenters. The molecule has 26 heavy (non-hydrogen) atoms. The summed E-state index contributed by atoms with van der Waals surface area (Å²) in [7, 11) is 1.30. The third-order valence-corrected chi connectivity index (χ3v) is 3.81. The minimum absolute atomic E-state index is 0.208. The number of nitrogens with one attached hydrogen (secondary N) is 1. The largest absolute Gasteiger partial charge is 0.481 e. The van der Waals surface area contributed by atoms with Gasteiger partial charge in [-0.05, 0) is 24.3 Å². The molecule has 1 heterocycles. The van der Waals surface area contributed by atoms with E-state index in [1.54, 1.807) is 24.3 Å². The summed E-state index contributed by atoms with van der Waals surface area (Å²) in [5.41, 5.74) is 1.17. The molecule has 0 bridgehead atoms. The van der Waals surface area contributed by atoms with Crippen molar-refractivity contribution in [2.75, 3.05) is 13.7 Å². The molecule has 0 spiro atoms. The highest BCUT2D eigenvalue weighted by Gasteiger charge is 2.08. The molecule has 0 aliphatic rings. The van der Waals surface area contributed by atoms with Crippen LogP contribution < -0.4 is 20.9 Å². The molecule has 0 atom stereocenters. The molecule has 6 nitrogen and oxygen atoms in total. The van der Waals surface area contributed by atoms with Crippen LogP contribution in [0.1, 0.15) is 5.56 Å². The van der Waals surface area contributed by atoms with Crippen LogP contribution in [0.15, 0.2) is 59.4 Å². The Balaban J connectivity index is 2.05. The number of carbonyl (C=O) groups is 1. The molecule has 3 rings (SSSR count). The standard InChI is InChI=1S/C20H18N2O4/c1-14-17(20(24)22(21-14)16-9-4-3-5-10-16)12-15-8-6-7-11-18(15)26-13-19(23)25-2/h3-12,21H,1,13H2,2H3/b17-12+. The van der Waals surface area contributed by atoms with Crippen molar-refractivity contribution < 1.29 is 14.3 Å². The summed E-state index contributed by atoms with van der Waals surface area (Å²) in [5.74, 6) is -0.00473. The maximum Gasteiger partial charge on any atom is 0.343 e. The van der Waals surface area contributed by atoms with Crippen LogP contribution in [-0.2, 0) is 9.53 Å². The third kappa shape index (κ3) is 3.59. The van der Waals surface area contributed by atoms with E-state index < -0.39 is 5.97 Å². The van der Waals surface area contributed by atoms with E-state index in [9.17, 15) is 9.59 Å². The first-order chi connectivity index (χ1) is 12.6. The zero-order valence-corrected chi connectivity index (χ0v) is 14.3. The second kappa shape index (κ2) is 7.57. The third-order valence-electron chi connectivity index (χ3n) is 3.81. The zero-order valence-electron chi connectivity index (χ0n) is 14.3. The first-order valence-electron chi connectivity index (χ1n) is 7.96. The number of aromatic nitrogens is 2. The van der Waals surface area contributed by atoms with Crippen molar-refractivity contribution in [1.82, 2.24) is 9.78 Å². The van der Waals surface area contributed by atoms with Crippen LogP contribution in [0.3, 0.4) is 0 Å². The van der Waals surface area contributed by atoms with Gasteiger partial charge in [-0.3, -0.25) is 9.89 Å². The predicted octanol–water partition coefficient (Wildman–Crippen LogP) is 0.956. The Hall–Kier alpha value is -3.54. The molecule has 0 aliphatic heterocycles. The van der Waals surface area contributed by atoms with Gasteiger partial charge in [0.25, 0.3) is 5.56 Å². The van der Waals surface area contributed by atoms with Crippen LogP contribution in [0, 0.1) is 0 Å². The Morgan fingerprint density at radius 3 is 2.58 bits per heavy atom. The summed E-state index contributed by atoms with van der Waals surface area (Å²) in [5, 5.41) is 3.88. The fourth-order valence-electron chi connectivity index (χ4n) is 2.49. The van der Waals surface area contributed by atoms with Gasteiger partial charge >= 0.3 is 5.97 Å². The second-order valence-corrected chi connectivity index (χ2v) is 5.53. The van der Waals surface area contributed by atoms with Crippen molar-refractivity contribution in [1.29, 1.82) is 0 Å². The number of ether oxygens (including phenoxy) is 2. The lowest BCUT2D eigenvalue weighted by molar-refractivity contribution is -0.142. The van der Waals surface area contributed by atoms with Crippen molar-refractivity contribution in [3.8, 4) is 11.4 Å². The molecular formula is C20H18N2O4. The minimum atomic E-state index is -0.481. The number of nitrogens with zero attached hydrogens (tertiary/aromatic N) is 1. The summed E-state index contributed by atoms with van der Waals surface area (Å²) in [6, 6.07) is 16.4. The number of methoxy groups -OCH3 is 1. The number of benzene rings is 2. The summed E-state index contributed by atoms with van der Waals surface area (Å²) in [4.78, 5) is 24.1. The molecule has 1 N–H and O–H groups in total. The summed E-state index contributed by atoms with van der Waals surface area (Å²) >= 11 is 0. The molecule has 6 heteroatoms. The van der Waals surface area contributed by atoms with Gasteiger partial charge in [-0.1, -0.05) is 43.0 Å². The fraction of sp³-hybridized carbons (Fsp3) is 0.100. The second-order valence-electron chi connectivity index (χ2n) is 5.53. The van der Waals surface area contributed by atoms with Crippen LogP contribution in [0.2, 0.25) is 0 Å². The topological polar surface area (TPSA) is 73.3 Å². The number of aromatic amines is 1. The molecule has 0 aliphatic carbocycles. The maximum absolute atomic E-state index is 12.8. The molecule has 0 fully saturated rings. The Morgan fingerprint density at radius 2 is 1.85 bits per heavy atom. The summed E-state index contributed by atoms with van der Waals surface area (Å²) in [6.45, 7) is 3.71. The van der Waals surface area contributed by atoms with E-state index in [0.29, 0.717) is 21.9 Å². The molecule has 0 radical (unpaired) electrons. The Labute approximate surface area is 149 Å². The van der Waals surface area contributed by atoms with E-state index in [1.807, 2.05) is 36.4 Å². The average Bonchev–Trinajstić information content (AvgIpc) is 2.96. The van der Waals surface area contributed by atoms with Crippen molar-refractivity contribution >= 4 is 18.6 Å². The lowest BCUT2D eigenvalue weighted by Gasteiger charge is -2.07. The van der Waals surface area contributed by atoms with Crippen molar-refractivity contribution in [3.63, 3.8) is 0 Å². The number of para-hydroxylation sites is 2. The Bertz CT molecular complexity index is 1080. The molecule has 0 saturated heterocycles. The highest BCUT2D eigenvalue weighted by molar-refractivity contribution is 5.71. The van der Waals surface area contributed by atoms with Crippen LogP contribution in [0.5, 0.6) is 5.75 Å². The number of carbonyl (C=O) groups excluding carboxylic acids is 1. The average molecular weight is 350 g/mol. The molecular weight excluding hydrogens is 332 g/mol. The Kier molecular flexibility index (Phi) is 5.03. The lowest BCUT2D eigenvalue weighted by atomic mass is 10.1. The van der Waals surface area contributed by atoms with Gasteiger partial charge in [0, 0.05) is 5.56 Å². The fourth-order valence-corrected chi connectivity index (χ4v) is 2.49. The first-order valence-corrected chi connectivity index (χ1v) is 7.96. The lowest BCUT2D eigenvalue weighted by Crippen LogP contribution is -2.34. The quantitative estimate of drug-likeness (QED) is 0.696. The summed E-state index contributed by atoms with van der Waals surface area (Å²) in [6.07, 6.45) is 1.69. The molecule has 2 aromatic carbocycles. The van der Waals surface area contributed by atoms with Gasteiger partial charge in [-0.25, -0.2) is 9.48 Å². The normalized spacial score (nSPS) is 11.3. The highest BCUT2D eigenvalue weighted by Crippen LogP contribution is 2.18. The minimum Gasteiger partial charge on any atom is -0.481 e. The van der Waals surface area contributed by atoms with E-state index in [-0.39, 0.29) is 12.2 Å². The number of H-pyrrole nitrogens is 1. The highest BCUT2D eigenvalue weighted by atomic mass is 16.6. The van der Waals surface area contributed by atoms with E-state index in [1.165, 1.54) is 11.8 Å². The van der Waals surface area contributed by atoms with Crippen LogP contribution in [-0.4, -0.2) is 29.5 Å². The first kappa shape index (κ1) is 17.3. The van der Waals surface area contributed by atoms with E-state index in [0.717, 1.165) is 5.69 Å².